The van der Waals surface area contributed by atoms with Gasteiger partial charge in [-0.25, -0.2) is 50.2 Å². The maximum atomic E-state index is 13.1. The smallest absolute Gasteiger partial charge is 0.382 e. The van der Waals surface area contributed by atoms with E-state index in [-0.39, 0.29) is 39.6 Å². The van der Waals surface area contributed by atoms with Crippen LogP contribution in [0.1, 0.15) is 25.7 Å². The maximum absolute atomic E-state index is 13.1. The molecule has 0 amide bonds. The van der Waals surface area contributed by atoms with Crippen molar-refractivity contribution in [3.63, 3.8) is 0 Å². The number of hydrogen-bond acceptors (Lipinski definition) is 39. The summed E-state index contributed by atoms with van der Waals surface area (Å²) in [5.74, 6) is 0. The fourth-order valence-corrected chi connectivity index (χ4v) is 20.1. The standard InChI is InChI=1S/C50H105O61P11/c1-84-18-20-93-22-24-99-35-28(88-5)33(29(89-6)36(44(35)106-117(66,67)68)100-25-23-94-21-19-85-2)95-14-10-50(11-15-96-34-30(90-7)41(103-114(57,58)59)47(109-120(75,76)77)42(31(34)91-8)104-115(60,61)62,13-17-98-38-39(101-112(51,52)53)26(86-3)27(87-4)40(102-113(54,55)56)46(38)108-119(72,73)74)12-16-97-37-32(92-9)43(105-116(63,64)65)48(110-121(78,79)80)49(111-122(81,82)83)45(37)107-118(69,70)71/h26-49H,10-25H2,1-9H3,(H2,51,52,53)(H2,54,55,56)(H2,57,58,59)(H2,60,61,62)(H2,63,64,65)(H2,66,67,68)(H2,69,70,71)(H2,72,73,74)(H2,75,76,77)(H2,78,79,80)(H2,81,82,83)/t26-,27-,28-,29+,30-,31+,32-,33+,34?,35+,36-,37+,38+,39+,40+,41+,42-,43+,44-,45+,46+,47-,48-,49-,50?/m1/s1. The molecule has 4 aliphatic carbocycles. The molecule has 0 heterocycles. The van der Waals surface area contributed by atoms with Gasteiger partial charge in [0.25, 0.3) is 0 Å². The van der Waals surface area contributed by atoms with Crippen LogP contribution in [0, 0.1) is 5.41 Å². The lowest BCUT2D eigenvalue weighted by Gasteiger charge is -2.49. The van der Waals surface area contributed by atoms with Gasteiger partial charge in [0.05, 0.1) is 52.9 Å². The highest BCUT2D eigenvalue weighted by atomic mass is 31.2. The number of methoxy groups -OCH3 is 9. The minimum atomic E-state index is -6.34. The van der Waals surface area contributed by atoms with Crippen LogP contribution in [-0.4, -0.2) is 397 Å². The zero-order valence-corrected chi connectivity index (χ0v) is 75.2. The van der Waals surface area contributed by atoms with E-state index in [9.17, 15) is 158 Å². The Morgan fingerprint density at radius 1 is 0.172 bits per heavy atom. The fourth-order valence-electron chi connectivity index (χ4n) is 13.9. The van der Waals surface area contributed by atoms with Crippen molar-refractivity contribution in [3.8, 4) is 0 Å². The molecular formula is C50H105O61P11. The summed E-state index contributed by atoms with van der Waals surface area (Å²) >= 11 is 0. The largest absolute Gasteiger partial charge is 0.470 e. The Labute approximate surface area is 692 Å². The summed E-state index contributed by atoms with van der Waals surface area (Å²) in [6, 6.07) is 0. The molecule has 0 aromatic rings. The van der Waals surface area contributed by atoms with Gasteiger partial charge in [-0.05, 0) is 31.1 Å². The molecule has 4 fully saturated rings. The molecule has 72 heteroatoms. The second-order valence-electron chi connectivity index (χ2n) is 26.3. The van der Waals surface area contributed by atoms with E-state index in [4.69, 9.17) is 126 Å². The minimum absolute atomic E-state index is 0.0404. The van der Waals surface area contributed by atoms with Crippen LogP contribution in [0.2, 0.25) is 0 Å². The Morgan fingerprint density at radius 2 is 0.295 bits per heavy atom. The molecule has 2 unspecified atom stereocenters. The van der Waals surface area contributed by atoms with Gasteiger partial charge in [0.1, 0.15) is 146 Å². The van der Waals surface area contributed by atoms with Crippen LogP contribution in [-0.2, 0) is 181 Å². The molecule has 0 bridgehead atoms. The second kappa shape index (κ2) is 49.7. The summed E-state index contributed by atoms with van der Waals surface area (Å²) in [5.41, 5.74) is -2.29. The Hall–Kier alpha value is 0.530. The maximum Gasteiger partial charge on any atom is 0.470 e. The third-order valence-electron chi connectivity index (χ3n) is 18.2. The highest BCUT2D eigenvalue weighted by Crippen LogP contribution is 2.58. The van der Waals surface area contributed by atoms with E-state index in [0.29, 0.717) is 7.11 Å². The molecule has 0 aromatic carbocycles. The number of phosphoric acid groups is 11. The topological polar surface area (TPSA) is 891 Å². The molecule has 0 radical (unpaired) electrons. The van der Waals surface area contributed by atoms with Gasteiger partial charge in [0.15, 0.2) is 0 Å². The third-order valence-corrected chi connectivity index (χ3v) is 23.9. The van der Waals surface area contributed by atoms with E-state index in [1.807, 2.05) is 0 Å². The van der Waals surface area contributed by atoms with Crippen molar-refractivity contribution in [3.05, 3.63) is 0 Å². The normalized spacial score (nSPS) is 31.6. The van der Waals surface area contributed by atoms with Gasteiger partial charge in [0.2, 0.25) is 0 Å². The molecule has 726 valence electrons. The van der Waals surface area contributed by atoms with Crippen LogP contribution >= 0.6 is 86.0 Å². The van der Waals surface area contributed by atoms with Gasteiger partial charge in [-0.3, -0.25) is 49.8 Å². The summed E-state index contributed by atoms with van der Waals surface area (Å²) in [6.45, 7) is -6.13. The first-order chi connectivity index (χ1) is 56.0. The van der Waals surface area contributed by atoms with Crippen molar-refractivity contribution in [1.82, 2.24) is 0 Å². The number of rotatable bonds is 59. The molecule has 122 heavy (non-hydrogen) atoms. The molecule has 0 spiro atoms. The van der Waals surface area contributed by atoms with E-state index >= 15 is 0 Å². The second-order valence-corrected chi connectivity index (χ2v) is 39.4. The van der Waals surface area contributed by atoms with Gasteiger partial charge in [-0.1, -0.05) is 0 Å². The monoisotopic (exact) mass is 2020 g/mol. The number of ether oxygens (including phenoxy) is 17. The van der Waals surface area contributed by atoms with E-state index in [1.165, 1.54) is 14.2 Å². The van der Waals surface area contributed by atoms with Crippen molar-refractivity contribution in [1.29, 1.82) is 0 Å². The predicted molar refractivity (Wildman–Crippen MR) is 386 cm³/mol. The molecule has 0 aromatic heterocycles. The summed E-state index contributed by atoms with van der Waals surface area (Å²) in [4.78, 5) is 227. The van der Waals surface area contributed by atoms with Crippen LogP contribution in [0.4, 0.5) is 0 Å². The van der Waals surface area contributed by atoms with E-state index in [0.717, 1.165) is 42.7 Å². The first-order valence-corrected chi connectivity index (χ1v) is 51.5. The molecule has 61 nitrogen and oxygen atoms in total. The first-order valence-electron chi connectivity index (χ1n) is 34.6. The van der Waals surface area contributed by atoms with E-state index in [2.05, 4.69) is 4.52 Å². The quantitative estimate of drug-likeness (QED) is 0.0202. The molecule has 4 rings (SSSR count). The lowest BCUT2D eigenvalue weighted by molar-refractivity contribution is -0.266. The molecule has 0 saturated heterocycles. The number of phosphoric ester groups is 11. The van der Waals surface area contributed by atoms with Crippen molar-refractivity contribution in [2.24, 2.45) is 5.41 Å². The van der Waals surface area contributed by atoms with Crippen LogP contribution in [0.3, 0.4) is 0 Å². The molecule has 25 atom stereocenters. The first kappa shape index (κ1) is 115. The van der Waals surface area contributed by atoms with Gasteiger partial charge in [-0.15, -0.1) is 0 Å². The molecule has 0 aliphatic heterocycles. The Kier molecular flexibility index (Phi) is 46.8. The predicted octanol–water partition coefficient (Wildman–Crippen LogP) is -4.41. The SMILES string of the molecule is COCCOCCO[C@@H]1[C@@H](OC)[C@@H](OCCC(CCOC2[C@@H](OC)[C@H](OP(=O)(O)O)[C@@H](OP(=O)(O)O)[C@H](OP(=O)(O)O)[C@H]2OC)(CCO[C@H]2[C@@H](OC)[C@H](OP(=O)(O)O)[C@@H](OP(=O)(O)O)[C@H](OP(=O)(O)O)[C@H]2OP(=O)(O)O)CCO[C@H]2[C@@H](OP(=O)(O)O)[C@H](OC)[C@@H](OC)[C@H](OP(=O)(O)O)[C@H]2OP(=O)(O)O)[C@@H](OC)[C@H](OCCOCCOC)[C@H]1OP(=O)(O)O. The molecule has 4 aliphatic rings. The van der Waals surface area contributed by atoms with Gasteiger partial charge >= 0.3 is 86.0 Å². The van der Waals surface area contributed by atoms with Gasteiger partial charge < -0.3 is 188 Å². The highest BCUT2D eigenvalue weighted by molar-refractivity contribution is 7.49. The molecule has 22 N–H and O–H groups in total. The van der Waals surface area contributed by atoms with Crippen molar-refractivity contribution < 1.29 is 288 Å². The average Bonchev–Trinajstić information content (AvgIpc) is 0.776. The Morgan fingerprint density at radius 3 is 0.475 bits per heavy atom. The van der Waals surface area contributed by atoms with Crippen LogP contribution in [0.25, 0.3) is 0 Å². The Balaban J connectivity index is 2.27. The van der Waals surface area contributed by atoms with Crippen LogP contribution in [0.5, 0.6) is 0 Å². The van der Waals surface area contributed by atoms with Crippen molar-refractivity contribution >= 4 is 86.0 Å². The van der Waals surface area contributed by atoms with Crippen molar-refractivity contribution in [2.45, 2.75) is 172 Å². The van der Waals surface area contributed by atoms with Gasteiger partial charge in [0, 0.05) is 90.4 Å². The fraction of sp³-hybridized carbons (Fsp3) is 1.00. The Bertz CT molecular complexity index is 3610. The summed E-state index contributed by atoms with van der Waals surface area (Å²) in [5, 5.41) is 0. The van der Waals surface area contributed by atoms with Crippen LogP contribution < -0.4 is 0 Å². The number of hydrogen-bond donors (Lipinski definition) is 22. The summed E-state index contributed by atoms with van der Waals surface area (Å²) in [7, 11) is -59.0. The van der Waals surface area contributed by atoms with Gasteiger partial charge in [-0.2, -0.15) is 0 Å². The molecular weight excluding hydrogens is 1920 g/mol. The minimum Gasteiger partial charge on any atom is -0.382 e. The van der Waals surface area contributed by atoms with E-state index < -0.39 is 303 Å². The average molecular weight is 2020 g/mol. The lowest BCUT2D eigenvalue weighted by Crippen LogP contribution is -2.67. The zero-order chi connectivity index (χ0) is 93.0. The summed E-state index contributed by atoms with van der Waals surface area (Å²) in [6.07, 6.45) is -62.0. The van der Waals surface area contributed by atoms with Crippen LogP contribution in [0.15, 0.2) is 0 Å². The van der Waals surface area contributed by atoms with E-state index in [1.54, 1.807) is 0 Å². The van der Waals surface area contributed by atoms with Crippen molar-refractivity contribution in [2.75, 3.05) is 143 Å². The lowest BCUT2D eigenvalue weighted by atomic mass is 9.75. The third kappa shape index (κ3) is 39.2. The highest BCUT2D eigenvalue weighted by Gasteiger charge is 2.64. The summed E-state index contributed by atoms with van der Waals surface area (Å²) < 4.78 is 294. The zero-order valence-electron chi connectivity index (χ0n) is 65.3. The molecule has 4 saturated carbocycles.